The van der Waals surface area contributed by atoms with Gasteiger partial charge in [0.05, 0.1) is 17.7 Å². The summed E-state index contributed by atoms with van der Waals surface area (Å²) in [5.41, 5.74) is 15.4. The SMILES string of the molecule is CNC(c1ccccc1)N(CNc1ccccc1-c1cccc(-c2ccc3c(c2)c2c4ccccc4ccc2n3-c2ccccc2)c1)NCc1ccccc1. The minimum absolute atomic E-state index is 0.0484. The molecule has 1 heterocycles. The normalized spacial score (nSPS) is 12.1. The van der Waals surface area contributed by atoms with Crippen LogP contribution in [-0.4, -0.2) is 23.3 Å². The summed E-state index contributed by atoms with van der Waals surface area (Å²) in [5.74, 6) is 0. The molecule has 0 spiro atoms. The molecule has 0 aliphatic rings. The smallest absolute Gasteiger partial charge is 0.101 e. The second-order valence-corrected chi connectivity index (χ2v) is 13.9. The van der Waals surface area contributed by atoms with Gasteiger partial charge in [0.1, 0.15) is 6.17 Å². The third-order valence-electron chi connectivity index (χ3n) is 10.6. The van der Waals surface area contributed by atoms with Crippen molar-refractivity contribution < 1.29 is 0 Å². The minimum Gasteiger partial charge on any atom is -0.371 e. The summed E-state index contributed by atoms with van der Waals surface area (Å²) in [6.07, 6.45) is -0.0484. The second kappa shape index (κ2) is 15.5. The molecule has 8 aromatic carbocycles. The molecule has 0 aliphatic heterocycles. The maximum absolute atomic E-state index is 3.79. The van der Waals surface area contributed by atoms with Gasteiger partial charge >= 0.3 is 0 Å². The van der Waals surface area contributed by atoms with E-state index in [4.69, 9.17) is 0 Å². The van der Waals surface area contributed by atoms with Gasteiger partial charge in [-0.2, -0.15) is 0 Å². The molecule has 5 heteroatoms. The van der Waals surface area contributed by atoms with Crippen molar-refractivity contribution in [2.45, 2.75) is 12.7 Å². The van der Waals surface area contributed by atoms with Crippen LogP contribution in [0.15, 0.2) is 194 Å². The number of anilines is 1. The number of aromatic nitrogens is 1. The number of nitrogens with zero attached hydrogens (tertiary/aromatic N) is 2. The summed E-state index contributed by atoms with van der Waals surface area (Å²) in [7, 11) is 2.01. The van der Waals surface area contributed by atoms with Gasteiger partial charge in [-0.1, -0.05) is 152 Å². The van der Waals surface area contributed by atoms with E-state index < -0.39 is 0 Å². The van der Waals surface area contributed by atoms with E-state index in [0.29, 0.717) is 13.2 Å². The van der Waals surface area contributed by atoms with Crippen LogP contribution < -0.4 is 16.1 Å². The standard InChI is InChI=1S/C50H43N5/c1-51-50(38-19-7-3-8-20-38)54(53-34-36-16-5-2-6-17-36)35-52-46-27-14-13-25-43(46)41-22-15-21-39(32-41)40-29-30-47-45(33-40)49-44-26-12-11-18-37(44)28-31-48(49)55(47)42-23-9-4-10-24-42/h2-33,50-53H,34-35H2,1H3. The highest BCUT2D eigenvalue weighted by molar-refractivity contribution is 6.21. The number of hydrogen-bond acceptors (Lipinski definition) is 4. The van der Waals surface area contributed by atoms with E-state index >= 15 is 0 Å². The molecule has 0 radical (unpaired) electrons. The second-order valence-electron chi connectivity index (χ2n) is 13.9. The lowest BCUT2D eigenvalue weighted by molar-refractivity contribution is 0.112. The summed E-state index contributed by atoms with van der Waals surface area (Å²) < 4.78 is 2.40. The van der Waals surface area contributed by atoms with Crippen LogP contribution in [-0.2, 0) is 6.54 Å². The molecule has 1 aromatic heterocycles. The summed E-state index contributed by atoms with van der Waals surface area (Å²) in [6.45, 7) is 1.28. The average Bonchev–Trinajstić information content (AvgIpc) is 3.60. The number of hydrogen-bond donors (Lipinski definition) is 3. The molecule has 55 heavy (non-hydrogen) atoms. The zero-order chi connectivity index (χ0) is 37.0. The Morgan fingerprint density at radius 2 is 1.22 bits per heavy atom. The van der Waals surface area contributed by atoms with Gasteiger partial charge in [0.2, 0.25) is 0 Å². The monoisotopic (exact) mass is 713 g/mol. The Morgan fingerprint density at radius 3 is 2.04 bits per heavy atom. The first-order chi connectivity index (χ1) is 27.2. The molecular formula is C50H43N5. The van der Waals surface area contributed by atoms with Gasteiger partial charge < -0.3 is 9.88 Å². The number of rotatable bonds is 12. The van der Waals surface area contributed by atoms with Crippen molar-refractivity contribution in [2.24, 2.45) is 0 Å². The van der Waals surface area contributed by atoms with Crippen LogP contribution in [0.3, 0.4) is 0 Å². The first-order valence-electron chi connectivity index (χ1n) is 19.0. The van der Waals surface area contributed by atoms with Crippen LogP contribution in [0.1, 0.15) is 17.3 Å². The fourth-order valence-corrected chi connectivity index (χ4v) is 7.92. The molecule has 3 N–H and O–H groups in total. The van der Waals surface area contributed by atoms with Gasteiger partial charge in [0.15, 0.2) is 0 Å². The van der Waals surface area contributed by atoms with Crippen LogP contribution in [0, 0.1) is 0 Å². The molecule has 0 saturated carbocycles. The zero-order valence-corrected chi connectivity index (χ0v) is 30.9. The molecular weight excluding hydrogens is 671 g/mol. The molecule has 1 unspecified atom stereocenters. The molecule has 268 valence electrons. The zero-order valence-electron chi connectivity index (χ0n) is 30.9. The van der Waals surface area contributed by atoms with E-state index in [1.807, 2.05) is 7.05 Å². The van der Waals surface area contributed by atoms with E-state index in [0.717, 1.165) is 22.5 Å². The van der Waals surface area contributed by atoms with Crippen molar-refractivity contribution in [2.75, 3.05) is 19.0 Å². The molecule has 0 amide bonds. The fraction of sp³-hybridized carbons (Fsp3) is 0.0800. The minimum atomic E-state index is -0.0484. The van der Waals surface area contributed by atoms with E-state index in [2.05, 4.69) is 220 Å². The summed E-state index contributed by atoms with van der Waals surface area (Å²) in [4.78, 5) is 0. The number of fused-ring (bicyclic) bond motifs is 5. The lowest BCUT2D eigenvalue weighted by Gasteiger charge is -2.33. The molecule has 0 fully saturated rings. The van der Waals surface area contributed by atoms with Crippen LogP contribution >= 0.6 is 0 Å². The van der Waals surface area contributed by atoms with Crippen LogP contribution in [0.2, 0.25) is 0 Å². The Hall–Kier alpha value is -6.50. The third kappa shape index (κ3) is 6.89. The lowest BCUT2D eigenvalue weighted by atomic mass is 9.96. The highest BCUT2D eigenvalue weighted by atomic mass is 15.6. The predicted octanol–water partition coefficient (Wildman–Crippen LogP) is 11.6. The van der Waals surface area contributed by atoms with Crippen molar-refractivity contribution in [1.29, 1.82) is 0 Å². The largest absolute Gasteiger partial charge is 0.371 e. The highest BCUT2D eigenvalue weighted by Gasteiger charge is 2.20. The van der Waals surface area contributed by atoms with E-state index in [9.17, 15) is 0 Å². The number of para-hydroxylation sites is 2. The van der Waals surface area contributed by atoms with E-state index in [1.165, 1.54) is 54.8 Å². The van der Waals surface area contributed by atoms with Gasteiger partial charge in [-0.25, -0.2) is 10.4 Å². The van der Waals surface area contributed by atoms with Crippen molar-refractivity contribution in [3.63, 3.8) is 0 Å². The Labute approximate surface area is 322 Å². The van der Waals surface area contributed by atoms with E-state index in [-0.39, 0.29) is 6.17 Å². The Morgan fingerprint density at radius 1 is 0.545 bits per heavy atom. The van der Waals surface area contributed by atoms with Crippen molar-refractivity contribution in [3.8, 4) is 27.9 Å². The average molecular weight is 714 g/mol. The molecule has 9 rings (SSSR count). The fourth-order valence-electron chi connectivity index (χ4n) is 7.92. The molecule has 0 bridgehead atoms. The summed E-state index contributed by atoms with van der Waals surface area (Å²) in [6, 6.07) is 69.5. The van der Waals surface area contributed by atoms with Gasteiger partial charge in [-0.15, -0.1) is 0 Å². The lowest BCUT2D eigenvalue weighted by Crippen LogP contribution is -2.48. The van der Waals surface area contributed by atoms with Crippen LogP contribution in [0.4, 0.5) is 5.69 Å². The van der Waals surface area contributed by atoms with Gasteiger partial charge in [-0.3, -0.25) is 5.32 Å². The summed E-state index contributed by atoms with van der Waals surface area (Å²) in [5, 5.41) is 14.6. The first kappa shape index (κ1) is 34.3. The Bertz CT molecular complexity index is 2700. The molecule has 5 nitrogen and oxygen atoms in total. The van der Waals surface area contributed by atoms with Crippen molar-refractivity contribution in [3.05, 3.63) is 205 Å². The topological polar surface area (TPSA) is 44.3 Å². The molecule has 9 aromatic rings. The van der Waals surface area contributed by atoms with Crippen LogP contribution in [0.5, 0.6) is 0 Å². The van der Waals surface area contributed by atoms with Gasteiger partial charge in [0.25, 0.3) is 0 Å². The molecule has 0 aliphatic carbocycles. The predicted molar refractivity (Wildman–Crippen MR) is 231 cm³/mol. The van der Waals surface area contributed by atoms with Gasteiger partial charge in [-0.05, 0) is 88.1 Å². The van der Waals surface area contributed by atoms with Crippen molar-refractivity contribution >= 4 is 38.3 Å². The first-order valence-corrected chi connectivity index (χ1v) is 19.0. The molecule has 0 saturated heterocycles. The highest BCUT2D eigenvalue weighted by Crippen LogP contribution is 2.39. The maximum Gasteiger partial charge on any atom is 0.101 e. The Kier molecular flexibility index (Phi) is 9.64. The third-order valence-corrected chi connectivity index (χ3v) is 10.6. The van der Waals surface area contributed by atoms with Crippen LogP contribution in [0.25, 0.3) is 60.5 Å². The Balaban J connectivity index is 1.06. The van der Waals surface area contributed by atoms with Crippen molar-refractivity contribution in [1.82, 2.24) is 20.3 Å². The maximum atomic E-state index is 3.79. The number of nitrogens with one attached hydrogen (secondary N) is 3. The number of hydrazine groups is 1. The quantitative estimate of drug-likeness (QED) is 0.0871. The van der Waals surface area contributed by atoms with E-state index in [1.54, 1.807) is 0 Å². The van der Waals surface area contributed by atoms with Gasteiger partial charge in [0, 0.05) is 34.3 Å². The summed E-state index contributed by atoms with van der Waals surface area (Å²) >= 11 is 0. The molecule has 1 atom stereocenters. The number of benzene rings is 8.